The van der Waals surface area contributed by atoms with Crippen molar-refractivity contribution in [2.24, 2.45) is 0 Å². The largest absolute Gasteiger partial charge is 0.497 e. The lowest BCUT2D eigenvalue weighted by molar-refractivity contribution is 0.0172. The Hall–Kier alpha value is -2.60. The van der Waals surface area contributed by atoms with E-state index in [1.807, 2.05) is 38.1 Å². The second-order valence-corrected chi connectivity index (χ2v) is 7.34. The monoisotopic (exact) mass is 385 g/mol. The minimum absolute atomic E-state index is 0.0537. The van der Waals surface area contributed by atoms with E-state index in [-0.39, 0.29) is 24.4 Å². The molecule has 0 aliphatic heterocycles. The van der Waals surface area contributed by atoms with Gasteiger partial charge in [0, 0.05) is 17.7 Å². The number of nitrogens with one attached hydrogen (secondary N) is 1. The number of hydrogen-bond donors (Lipinski definition) is 1. The molecule has 0 fully saturated rings. The molecule has 0 unspecified atom stereocenters. The van der Waals surface area contributed by atoms with Crippen LogP contribution in [-0.4, -0.2) is 43.2 Å². The van der Waals surface area contributed by atoms with Gasteiger partial charge in [0.1, 0.15) is 18.1 Å². The maximum absolute atomic E-state index is 12.8. The summed E-state index contributed by atoms with van der Waals surface area (Å²) in [5, 5.41) is 0. The summed E-state index contributed by atoms with van der Waals surface area (Å²) in [6, 6.07) is 7.78. The van der Waals surface area contributed by atoms with E-state index in [9.17, 15) is 9.59 Å². The van der Waals surface area contributed by atoms with Crippen LogP contribution in [0.1, 0.15) is 63.9 Å². The van der Waals surface area contributed by atoms with Crippen LogP contribution in [0.25, 0.3) is 0 Å². The number of fused-ring (bicyclic) bond motifs is 1. The summed E-state index contributed by atoms with van der Waals surface area (Å²) in [6.45, 7) is 6.18. The summed E-state index contributed by atoms with van der Waals surface area (Å²) in [4.78, 5) is 28.3. The average molecular weight is 385 g/mol. The zero-order valence-electron chi connectivity index (χ0n) is 16.8. The van der Waals surface area contributed by atoms with Crippen molar-refractivity contribution < 1.29 is 23.8 Å². The molecule has 28 heavy (non-hydrogen) atoms. The highest BCUT2D eigenvalue weighted by molar-refractivity contribution is 6.03. The second-order valence-electron chi connectivity index (χ2n) is 7.34. The Morgan fingerprint density at radius 1 is 1.18 bits per heavy atom. The fourth-order valence-corrected chi connectivity index (χ4v) is 3.64. The zero-order chi connectivity index (χ0) is 20.3. The van der Waals surface area contributed by atoms with Crippen molar-refractivity contribution in [3.63, 3.8) is 0 Å². The Morgan fingerprint density at radius 2 is 1.89 bits per heavy atom. The third-order valence-electron chi connectivity index (χ3n) is 5.05. The van der Waals surface area contributed by atoms with Crippen LogP contribution in [0.2, 0.25) is 0 Å². The fraction of sp³-hybridized carbons (Fsp3) is 0.455. The topological polar surface area (TPSA) is 77.6 Å². The number of carbonyl (C=O) groups is 2. The molecule has 0 spiro atoms. The summed E-state index contributed by atoms with van der Waals surface area (Å²) >= 11 is 0. The lowest BCUT2D eigenvalue weighted by Crippen LogP contribution is -2.18. The first kappa shape index (κ1) is 20.1. The summed E-state index contributed by atoms with van der Waals surface area (Å²) < 4.78 is 15.9. The van der Waals surface area contributed by atoms with E-state index in [2.05, 4.69) is 4.98 Å². The molecule has 6 nitrogen and oxygen atoms in total. The highest BCUT2D eigenvalue weighted by atomic mass is 16.6. The second kappa shape index (κ2) is 8.61. The molecule has 150 valence electrons. The van der Waals surface area contributed by atoms with Crippen molar-refractivity contribution in [1.82, 2.24) is 4.98 Å². The van der Waals surface area contributed by atoms with Gasteiger partial charge >= 0.3 is 5.97 Å². The number of ketones is 1. The van der Waals surface area contributed by atoms with Crippen LogP contribution >= 0.6 is 0 Å². The average Bonchev–Trinajstić information content (AvgIpc) is 3.02. The first-order valence-corrected chi connectivity index (χ1v) is 9.58. The zero-order valence-corrected chi connectivity index (χ0v) is 16.8. The predicted octanol–water partition coefficient (Wildman–Crippen LogP) is 3.83. The van der Waals surface area contributed by atoms with Gasteiger partial charge in [0.2, 0.25) is 0 Å². The highest BCUT2D eigenvalue weighted by Crippen LogP contribution is 2.35. The standard InChI is InChI=1S/C22H27NO5/c1-13(2)27-9-10-28-22(25)21-14(3)20-18(23-21)11-16(12-19(20)24)15-5-7-17(26-4)8-6-15/h5-8,13,16,23H,9-12H2,1-4H3/t16-/m1/s1. The minimum Gasteiger partial charge on any atom is -0.497 e. The van der Waals surface area contributed by atoms with Gasteiger partial charge in [-0.15, -0.1) is 0 Å². The summed E-state index contributed by atoms with van der Waals surface area (Å²) in [5.74, 6) is 0.465. The van der Waals surface area contributed by atoms with Crippen LogP contribution in [0.15, 0.2) is 24.3 Å². The number of rotatable bonds is 7. The number of Topliss-reactive ketones (excluding diaryl/α,β-unsaturated/α-hetero) is 1. The van der Waals surface area contributed by atoms with Gasteiger partial charge in [0.15, 0.2) is 5.78 Å². The van der Waals surface area contributed by atoms with Crippen LogP contribution in [-0.2, 0) is 15.9 Å². The molecule has 0 bridgehead atoms. The van der Waals surface area contributed by atoms with E-state index in [0.717, 1.165) is 17.0 Å². The van der Waals surface area contributed by atoms with Crippen molar-refractivity contribution in [3.8, 4) is 5.75 Å². The first-order valence-electron chi connectivity index (χ1n) is 9.58. The number of esters is 1. The number of hydrogen-bond acceptors (Lipinski definition) is 5. The number of aromatic nitrogens is 1. The summed E-state index contributed by atoms with van der Waals surface area (Å²) in [7, 11) is 1.63. The molecule has 6 heteroatoms. The van der Waals surface area contributed by atoms with Gasteiger partial charge in [-0.1, -0.05) is 12.1 Å². The van der Waals surface area contributed by atoms with Gasteiger partial charge in [-0.05, 0) is 56.4 Å². The molecule has 1 heterocycles. The van der Waals surface area contributed by atoms with Crippen LogP contribution in [0.5, 0.6) is 5.75 Å². The fourth-order valence-electron chi connectivity index (χ4n) is 3.64. The highest BCUT2D eigenvalue weighted by Gasteiger charge is 2.32. The summed E-state index contributed by atoms with van der Waals surface area (Å²) in [6.07, 6.45) is 1.19. The maximum atomic E-state index is 12.8. The molecule has 1 aliphatic rings. The molecule has 0 amide bonds. The van der Waals surface area contributed by atoms with Crippen molar-refractivity contribution in [2.75, 3.05) is 20.3 Å². The van der Waals surface area contributed by atoms with E-state index >= 15 is 0 Å². The Labute approximate surface area is 165 Å². The Balaban J connectivity index is 1.74. The van der Waals surface area contributed by atoms with E-state index in [1.54, 1.807) is 14.0 Å². The first-order chi connectivity index (χ1) is 13.4. The number of benzene rings is 1. The third kappa shape index (κ3) is 4.28. The Bertz CT molecular complexity index is 851. The number of H-pyrrole nitrogens is 1. The maximum Gasteiger partial charge on any atom is 0.355 e. The molecular weight excluding hydrogens is 358 g/mol. The number of carbonyl (C=O) groups excluding carboxylic acids is 2. The molecule has 3 rings (SSSR count). The number of ether oxygens (including phenoxy) is 3. The van der Waals surface area contributed by atoms with Crippen LogP contribution in [0, 0.1) is 6.92 Å². The molecule has 1 aromatic carbocycles. The third-order valence-corrected chi connectivity index (χ3v) is 5.05. The van der Waals surface area contributed by atoms with Gasteiger partial charge in [0.05, 0.1) is 19.8 Å². The van der Waals surface area contributed by atoms with Gasteiger partial charge in [-0.25, -0.2) is 4.79 Å². The molecule has 1 aromatic heterocycles. The van der Waals surface area contributed by atoms with Gasteiger partial charge < -0.3 is 19.2 Å². The number of aromatic amines is 1. The minimum atomic E-state index is -0.451. The van der Waals surface area contributed by atoms with Crippen molar-refractivity contribution in [2.45, 2.75) is 45.6 Å². The summed E-state index contributed by atoms with van der Waals surface area (Å²) in [5.41, 5.74) is 3.55. The van der Waals surface area contributed by atoms with Crippen molar-refractivity contribution >= 4 is 11.8 Å². The van der Waals surface area contributed by atoms with Crippen molar-refractivity contribution in [1.29, 1.82) is 0 Å². The molecule has 0 saturated carbocycles. The lowest BCUT2D eigenvalue weighted by atomic mass is 9.81. The predicted molar refractivity (Wildman–Crippen MR) is 105 cm³/mol. The normalized spacial score (nSPS) is 16.2. The van der Waals surface area contributed by atoms with Crippen molar-refractivity contribution in [3.05, 3.63) is 52.3 Å². The van der Waals surface area contributed by atoms with Gasteiger partial charge in [-0.2, -0.15) is 0 Å². The van der Waals surface area contributed by atoms with E-state index < -0.39 is 5.97 Å². The molecule has 1 aliphatic carbocycles. The number of methoxy groups -OCH3 is 1. The Kier molecular flexibility index (Phi) is 6.19. The van der Waals surface area contributed by atoms with Gasteiger partial charge in [-0.3, -0.25) is 4.79 Å². The quantitative estimate of drug-likeness (QED) is 0.579. The Morgan fingerprint density at radius 3 is 2.54 bits per heavy atom. The smallest absolute Gasteiger partial charge is 0.355 e. The van der Waals surface area contributed by atoms with Crippen LogP contribution in [0.3, 0.4) is 0 Å². The van der Waals surface area contributed by atoms with Crippen LogP contribution < -0.4 is 4.74 Å². The van der Waals surface area contributed by atoms with E-state index in [0.29, 0.717) is 36.3 Å². The molecule has 1 atom stereocenters. The lowest BCUT2D eigenvalue weighted by Gasteiger charge is -2.22. The van der Waals surface area contributed by atoms with Gasteiger partial charge in [0.25, 0.3) is 0 Å². The molecule has 0 radical (unpaired) electrons. The molecule has 1 N–H and O–H groups in total. The van der Waals surface area contributed by atoms with E-state index in [4.69, 9.17) is 14.2 Å². The molecule has 2 aromatic rings. The molecular formula is C22H27NO5. The van der Waals surface area contributed by atoms with Crippen LogP contribution in [0.4, 0.5) is 0 Å². The molecule has 0 saturated heterocycles. The SMILES string of the molecule is COc1ccc([C@H]2CC(=O)c3c([nH]c(C(=O)OCCOC(C)C)c3C)C2)cc1. The van der Waals surface area contributed by atoms with E-state index in [1.165, 1.54) is 0 Å².